The van der Waals surface area contributed by atoms with Crippen LogP contribution in [0.15, 0.2) is 64.8 Å². The minimum Gasteiger partial charge on any atom is -0.394 e. The van der Waals surface area contributed by atoms with Gasteiger partial charge in [0.15, 0.2) is 5.82 Å². The molecule has 5 heteroatoms. The molecule has 0 saturated heterocycles. The molecule has 0 aliphatic heterocycles. The molecule has 0 saturated carbocycles. The SMILES string of the molecule is CCc1ccccc1Nc1ncnc(Sc2ccc(C)cc2)c1N. The molecule has 0 atom stereocenters. The second-order valence-corrected chi connectivity index (χ2v) is 6.55. The van der Waals surface area contributed by atoms with Gasteiger partial charge in [-0.15, -0.1) is 0 Å². The van der Waals surface area contributed by atoms with E-state index in [1.54, 1.807) is 18.1 Å². The highest BCUT2D eigenvalue weighted by atomic mass is 32.2. The van der Waals surface area contributed by atoms with Crippen molar-refractivity contribution >= 4 is 29.0 Å². The molecular formula is C19H20N4S. The zero-order chi connectivity index (χ0) is 16.9. The van der Waals surface area contributed by atoms with Gasteiger partial charge < -0.3 is 11.1 Å². The lowest BCUT2D eigenvalue weighted by molar-refractivity contribution is 1.05. The highest BCUT2D eigenvalue weighted by molar-refractivity contribution is 7.99. The summed E-state index contributed by atoms with van der Waals surface area (Å²) in [6.07, 6.45) is 2.49. The number of aromatic nitrogens is 2. The van der Waals surface area contributed by atoms with Crippen LogP contribution in [0.25, 0.3) is 0 Å². The summed E-state index contributed by atoms with van der Waals surface area (Å²) in [5.41, 5.74) is 10.3. The number of nitrogen functional groups attached to an aromatic ring is 1. The molecule has 0 unspecified atom stereocenters. The summed E-state index contributed by atoms with van der Waals surface area (Å²) in [4.78, 5) is 9.74. The Bertz CT molecular complexity index is 831. The quantitative estimate of drug-likeness (QED) is 0.654. The average Bonchev–Trinajstić information content (AvgIpc) is 2.61. The molecule has 0 spiro atoms. The number of rotatable bonds is 5. The topological polar surface area (TPSA) is 63.8 Å². The number of hydrogen-bond acceptors (Lipinski definition) is 5. The highest BCUT2D eigenvalue weighted by Crippen LogP contribution is 2.34. The van der Waals surface area contributed by atoms with Gasteiger partial charge in [-0.1, -0.05) is 54.6 Å². The van der Waals surface area contributed by atoms with Crippen LogP contribution in [0, 0.1) is 6.92 Å². The van der Waals surface area contributed by atoms with E-state index in [-0.39, 0.29) is 0 Å². The van der Waals surface area contributed by atoms with Crippen molar-refractivity contribution in [3.63, 3.8) is 0 Å². The predicted molar refractivity (Wildman–Crippen MR) is 101 cm³/mol. The lowest BCUT2D eigenvalue weighted by atomic mass is 10.1. The van der Waals surface area contributed by atoms with Crippen LogP contribution in [0.2, 0.25) is 0 Å². The molecule has 3 rings (SSSR count). The number of anilines is 3. The minimum absolute atomic E-state index is 0.564. The van der Waals surface area contributed by atoms with Crippen LogP contribution in [0.4, 0.5) is 17.2 Å². The molecule has 1 heterocycles. The van der Waals surface area contributed by atoms with Crippen LogP contribution in [0.1, 0.15) is 18.1 Å². The number of aryl methyl sites for hydroxylation is 2. The molecule has 122 valence electrons. The van der Waals surface area contributed by atoms with E-state index in [0.29, 0.717) is 11.5 Å². The Labute approximate surface area is 146 Å². The summed E-state index contributed by atoms with van der Waals surface area (Å²) in [6, 6.07) is 16.5. The normalized spacial score (nSPS) is 10.6. The van der Waals surface area contributed by atoms with Crippen LogP contribution in [0.5, 0.6) is 0 Å². The zero-order valence-electron chi connectivity index (χ0n) is 13.8. The molecule has 3 N–H and O–H groups in total. The lowest BCUT2D eigenvalue weighted by Gasteiger charge is -2.13. The fourth-order valence-electron chi connectivity index (χ4n) is 2.36. The first-order valence-corrected chi connectivity index (χ1v) is 8.69. The molecule has 24 heavy (non-hydrogen) atoms. The third-order valence-corrected chi connectivity index (χ3v) is 4.76. The van der Waals surface area contributed by atoms with E-state index in [2.05, 4.69) is 59.5 Å². The molecular weight excluding hydrogens is 316 g/mol. The number of nitrogens with zero attached hydrogens (tertiary/aromatic N) is 2. The Hall–Kier alpha value is -2.53. The standard InChI is InChI=1S/C19H20N4S/c1-3-14-6-4-5-7-16(14)23-18-17(20)19(22-12-21-18)24-15-10-8-13(2)9-11-15/h4-12H,3,20H2,1-2H3,(H,21,22,23). The van der Waals surface area contributed by atoms with E-state index >= 15 is 0 Å². The molecule has 2 aromatic carbocycles. The van der Waals surface area contributed by atoms with E-state index in [4.69, 9.17) is 5.73 Å². The third-order valence-electron chi connectivity index (χ3n) is 3.73. The number of nitrogens with two attached hydrogens (primary N) is 1. The smallest absolute Gasteiger partial charge is 0.158 e. The van der Waals surface area contributed by atoms with Crippen molar-refractivity contribution in [2.45, 2.75) is 30.2 Å². The molecule has 3 aromatic rings. The number of hydrogen-bond donors (Lipinski definition) is 2. The maximum Gasteiger partial charge on any atom is 0.158 e. The first kappa shape index (κ1) is 16.3. The number of benzene rings is 2. The Morgan fingerprint density at radius 1 is 1.04 bits per heavy atom. The summed E-state index contributed by atoms with van der Waals surface area (Å²) in [6.45, 7) is 4.20. The average molecular weight is 336 g/mol. The van der Waals surface area contributed by atoms with Gasteiger partial charge >= 0.3 is 0 Å². The van der Waals surface area contributed by atoms with Gasteiger partial charge in [-0.05, 0) is 37.1 Å². The summed E-state index contributed by atoms with van der Waals surface area (Å²) in [7, 11) is 0. The Kier molecular flexibility index (Phi) is 5.01. The largest absolute Gasteiger partial charge is 0.394 e. The lowest BCUT2D eigenvalue weighted by Crippen LogP contribution is -2.03. The maximum absolute atomic E-state index is 6.29. The van der Waals surface area contributed by atoms with E-state index in [9.17, 15) is 0 Å². The summed E-state index contributed by atoms with van der Waals surface area (Å²) in [5, 5.41) is 4.09. The van der Waals surface area contributed by atoms with Gasteiger partial charge in [-0.3, -0.25) is 0 Å². The molecule has 1 aromatic heterocycles. The third kappa shape index (κ3) is 3.68. The molecule has 0 aliphatic carbocycles. The molecule has 4 nitrogen and oxygen atoms in total. The first-order valence-electron chi connectivity index (χ1n) is 7.87. The van der Waals surface area contributed by atoms with Gasteiger partial charge in [-0.2, -0.15) is 0 Å². The highest BCUT2D eigenvalue weighted by Gasteiger charge is 2.11. The molecule has 0 amide bonds. The van der Waals surface area contributed by atoms with Gasteiger partial charge in [-0.25, -0.2) is 9.97 Å². The van der Waals surface area contributed by atoms with Crippen molar-refractivity contribution in [2.75, 3.05) is 11.1 Å². The van der Waals surface area contributed by atoms with Crippen LogP contribution in [-0.2, 0) is 6.42 Å². The summed E-state index contributed by atoms with van der Waals surface area (Å²) >= 11 is 1.54. The van der Waals surface area contributed by atoms with Crippen LogP contribution < -0.4 is 11.1 Å². The van der Waals surface area contributed by atoms with Crippen molar-refractivity contribution in [3.8, 4) is 0 Å². The second-order valence-electron chi connectivity index (χ2n) is 5.49. The minimum atomic E-state index is 0.564. The summed E-state index contributed by atoms with van der Waals surface area (Å²) < 4.78 is 0. The zero-order valence-corrected chi connectivity index (χ0v) is 14.6. The Morgan fingerprint density at radius 3 is 2.54 bits per heavy atom. The van der Waals surface area contributed by atoms with Crippen molar-refractivity contribution in [1.29, 1.82) is 0 Å². The Balaban J connectivity index is 1.86. The maximum atomic E-state index is 6.29. The van der Waals surface area contributed by atoms with Crippen LogP contribution in [0.3, 0.4) is 0 Å². The number of nitrogens with one attached hydrogen (secondary N) is 1. The fourth-order valence-corrected chi connectivity index (χ4v) is 3.16. The van der Waals surface area contributed by atoms with Crippen molar-refractivity contribution < 1.29 is 0 Å². The monoisotopic (exact) mass is 336 g/mol. The predicted octanol–water partition coefficient (Wildman–Crippen LogP) is 4.82. The van der Waals surface area contributed by atoms with Gasteiger partial charge in [0.05, 0.1) is 0 Å². The van der Waals surface area contributed by atoms with Gasteiger partial charge in [0.2, 0.25) is 0 Å². The molecule has 0 bridgehead atoms. The van der Waals surface area contributed by atoms with Gasteiger partial charge in [0.1, 0.15) is 17.0 Å². The molecule has 0 radical (unpaired) electrons. The van der Waals surface area contributed by atoms with Gasteiger partial charge in [0, 0.05) is 10.6 Å². The van der Waals surface area contributed by atoms with Crippen molar-refractivity contribution in [1.82, 2.24) is 9.97 Å². The van der Waals surface area contributed by atoms with Crippen molar-refractivity contribution in [2.24, 2.45) is 0 Å². The van der Waals surface area contributed by atoms with E-state index in [1.165, 1.54) is 11.1 Å². The van der Waals surface area contributed by atoms with Gasteiger partial charge in [0.25, 0.3) is 0 Å². The first-order chi connectivity index (χ1) is 11.7. The van der Waals surface area contributed by atoms with Crippen LogP contribution in [-0.4, -0.2) is 9.97 Å². The molecule has 0 fully saturated rings. The van der Waals surface area contributed by atoms with E-state index in [1.807, 2.05) is 18.2 Å². The Morgan fingerprint density at radius 2 is 1.79 bits per heavy atom. The van der Waals surface area contributed by atoms with E-state index in [0.717, 1.165) is 22.0 Å². The van der Waals surface area contributed by atoms with Crippen molar-refractivity contribution in [3.05, 3.63) is 66.0 Å². The fraction of sp³-hybridized carbons (Fsp3) is 0.158. The number of para-hydroxylation sites is 1. The second kappa shape index (κ2) is 7.36. The molecule has 0 aliphatic rings. The van der Waals surface area contributed by atoms with Crippen LogP contribution >= 0.6 is 11.8 Å². The van der Waals surface area contributed by atoms with E-state index < -0.39 is 0 Å². The summed E-state index contributed by atoms with van der Waals surface area (Å²) in [5.74, 6) is 0.639.